The molecule has 3 fully saturated rings. The van der Waals surface area contributed by atoms with Crippen LogP contribution in [0.25, 0.3) is 0 Å². The van der Waals surface area contributed by atoms with E-state index in [1.807, 2.05) is 0 Å². The summed E-state index contributed by atoms with van der Waals surface area (Å²) in [4.78, 5) is 23.2. The molecule has 4 bridgehead atoms. The summed E-state index contributed by atoms with van der Waals surface area (Å²) in [6.07, 6.45) is 2.96. The van der Waals surface area contributed by atoms with Gasteiger partial charge >= 0.3 is 0 Å². The van der Waals surface area contributed by atoms with Crippen LogP contribution in [0.4, 0.5) is 11.4 Å². The molecule has 2 aliphatic carbocycles. The lowest BCUT2D eigenvalue weighted by atomic mass is 9.66. The van der Waals surface area contributed by atoms with E-state index in [1.54, 1.807) is 12.1 Å². The fourth-order valence-electron chi connectivity index (χ4n) is 5.16. The number of nitro benzene ring substituents is 1. The van der Waals surface area contributed by atoms with Gasteiger partial charge in [-0.2, -0.15) is 0 Å². The Morgan fingerprint density at radius 2 is 2.04 bits per heavy atom. The maximum atomic E-state index is 13.0. The minimum Gasteiger partial charge on any atom is -0.364 e. The molecule has 122 valence electrons. The molecule has 4 atom stereocenters. The molecule has 23 heavy (non-hydrogen) atoms. The molecule has 1 aromatic rings. The molecule has 6 heteroatoms. The van der Waals surface area contributed by atoms with Crippen molar-refractivity contribution in [2.75, 3.05) is 11.9 Å². The van der Waals surface area contributed by atoms with Crippen molar-refractivity contribution in [1.29, 1.82) is 0 Å². The average Bonchev–Trinajstić information content (AvgIpc) is 2.99. The number of benzene rings is 1. The van der Waals surface area contributed by atoms with Gasteiger partial charge in [0.1, 0.15) is 0 Å². The Labute approximate surface area is 134 Å². The number of carbonyl (C=O) groups excluding carboxylic acids is 1. The topological polar surface area (TPSA) is 81.5 Å². The van der Waals surface area contributed by atoms with Gasteiger partial charge < -0.3 is 10.1 Å². The molecule has 1 aliphatic heterocycles. The van der Waals surface area contributed by atoms with E-state index in [9.17, 15) is 14.9 Å². The first-order chi connectivity index (χ1) is 10.8. The third-order valence-corrected chi connectivity index (χ3v) is 6.90. The van der Waals surface area contributed by atoms with Gasteiger partial charge in [0.05, 0.1) is 11.5 Å². The van der Waals surface area contributed by atoms with Gasteiger partial charge in [0, 0.05) is 28.7 Å². The van der Waals surface area contributed by atoms with Crippen LogP contribution in [0.5, 0.6) is 0 Å². The molecular weight excluding hydrogens is 296 g/mol. The summed E-state index contributed by atoms with van der Waals surface area (Å²) in [6, 6.07) is 5.93. The second-order valence-electron chi connectivity index (χ2n) is 7.56. The minimum absolute atomic E-state index is 0.0118. The van der Waals surface area contributed by atoms with E-state index in [0.717, 1.165) is 12.8 Å². The van der Waals surface area contributed by atoms with Crippen LogP contribution in [-0.4, -0.2) is 23.0 Å². The van der Waals surface area contributed by atoms with Crippen molar-refractivity contribution in [1.82, 2.24) is 0 Å². The lowest BCUT2D eigenvalue weighted by molar-refractivity contribution is -0.384. The number of carbonyl (C=O) groups is 1. The van der Waals surface area contributed by atoms with Crippen LogP contribution in [-0.2, 0) is 9.53 Å². The van der Waals surface area contributed by atoms with Crippen molar-refractivity contribution in [3.05, 3.63) is 34.4 Å². The van der Waals surface area contributed by atoms with Crippen LogP contribution < -0.4 is 5.32 Å². The number of nitrogens with one attached hydrogen (secondary N) is 1. The van der Waals surface area contributed by atoms with Crippen molar-refractivity contribution in [3.63, 3.8) is 0 Å². The second-order valence-corrected chi connectivity index (χ2v) is 7.56. The monoisotopic (exact) mass is 316 g/mol. The molecule has 2 saturated carbocycles. The highest BCUT2D eigenvalue weighted by atomic mass is 16.6. The van der Waals surface area contributed by atoms with E-state index in [2.05, 4.69) is 19.2 Å². The summed E-state index contributed by atoms with van der Waals surface area (Å²) < 4.78 is 6.06. The number of anilines is 1. The fourth-order valence-corrected chi connectivity index (χ4v) is 5.16. The highest BCUT2D eigenvalue weighted by molar-refractivity contribution is 5.99. The Kier molecular flexibility index (Phi) is 2.75. The maximum Gasteiger partial charge on any atom is 0.269 e. The Balaban J connectivity index is 1.60. The zero-order valence-electron chi connectivity index (χ0n) is 13.3. The molecule has 1 aromatic carbocycles. The van der Waals surface area contributed by atoms with Crippen LogP contribution in [0.2, 0.25) is 0 Å². The van der Waals surface area contributed by atoms with Gasteiger partial charge in [0.2, 0.25) is 0 Å². The Morgan fingerprint density at radius 3 is 2.61 bits per heavy atom. The molecule has 6 nitrogen and oxygen atoms in total. The van der Waals surface area contributed by atoms with Crippen LogP contribution in [0.15, 0.2) is 24.3 Å². The number of non-ortho nitro benzene ring substituents is 1. The molecule has 3 aliphatic rings. The predicted octanol–water partition coefficient (Wildman–Crippen LogP) is 3.13. The smallest absolute Gasteiger partial charge is 0.269 e. The summed E-state index contributed by atoms with van der Waals surface area (Å²) in [6.45, 7) is 5.07. The zero-order valence-corrected chi connectivity index (χ0v) is 13.3. The van der Waals surface area contributed by atoms with Crippen molar-refractivity contribution in [2.24, 2.45) is 16.7 Å². The zero-order chi connectivity index (χ0) is 16.5. The normalized spacial score (nSPS) is 40.3. The van der Waals surface area contributed by atoms with E-state index in [-0.39, 0.29) is 22.4 Å². The molecule has 4 rings (SSSR count). The van der Waals surface area contributed by atoms with Crippen LogP contribution >= 0.6 is 0 Å². The number of rotatable bonds is 3. The molecule has 0 aromatic heterocycles. The van der Waals surface area contributed by atoms with Gasteiger partial charge in [-0.25, -0.2) is 0 Å². The lowest BCUT2D eigenvalue weighted by Crippen LogP contribution is -2.52. The van der Waals surface area contributed by atoms with E-state index in [1.165, 1.54) is 18.6 Å². The summed E-state index contributed by atoms with van der Waals surface area (Å²) in [5, 5.41) is 13.6. The molecule has 1 heterocycles. The number of hydrogen-bond acceptors (Lipinski definition) is 4. The molecule has 1 N–H and O–H groups in total. The van der Waals surface area contributed by atoms with E-state index in [0.29, 0.717) is 18.2 Å². The van der Waals surface area contributed by atoms with Crippen LogP contribution in [0, 0.1) is 26.9 Å². The minimum atomic E-state index is -0.757. The Morgan fingerprint density at radius 1 is 1.35 bits per heavy atom. The average molecular weight is 316 g/mol. The third-order valence-electron chi connectivity index (χ3n) is 6.90. The van der Waals surface area contributed by atoms with Crippen molar-refractivity contribution in [3.8, 4) is 0 Å². The van der Waals surface area contributed by atoms with Crippen LogP contribution in [0.3, 0.4) is 0 Å². The van der Waals surface area contributed by atoms with Crippen molar-refractivity contribution in [2.45, 2.75) is 38.7 Å². The highest BCUT2D eigenvalue weighted by Crippen LogP contribution is 2.75. The SMILES string of the molecule is C[C@@]12CC[C@@H]3C[C@]1(C(=O)Nc1ccc([N+](=O)[O-])cc1)OC[C@]32C. The van der Waals surface area contributed by atoms with Crippen molar-refractivity contribution < 1.29 is 14.5 Å². The second kappa shape index (κ2) is 4.32. The first-order valence-electron chi connectivity index (χ1n) is 8.02. The third kappa shape index (κ3) is 1.59. The number of ether oxygens (including phenoxy) is 1. The van der Waals surface area contributed by atoms with Gasteiger partial charge in [0.15, 0.2) is 5.60 Å². The number of nitro groups is 1. The quantitative estimate of drug-likeness (QED) is 0.686. The Bertz CT molecular complexity index is 703. The fraction of sp³-hybridized carbons (Fsp3) is 0.588. The van der Waals surface area contributed by atoms with E-state index < -0.39 is 10.5 Å². The molecule has 1 amide bonds. The standard InChI is InChI=1S/C17H20N2O4/c1-15-10-23-17(9-11(15)7-8-16(15,17)2)14(20)18-12-3-5-13(6-4-12)19(21)22/h3-6,11H,7-10H2,1-2H3,(H,18,20)/t11-,15-,16+,17-/m1/s1. The highest BCUT2D eigenvalue weighted by Gasteiger charge is 2.78. The molecular formula is C17H20N2O4. The van der Waals surface area contributed by atoms with Gasteiger partial charge in [-0.1, -0.05) is 13.8 Å². The first-order valence-corrected chi connectivity index (χ1v) is 8.02. The number of amides is 1. The van der Waals surface area contributed by atoms with E-state index in [4.69, 9.17) is 4.74 Å². The lowest BCUT2D eigenvalue weighted by Gasteiger charge is -2.39. The first kappa shape index (κ1) is 14.6. The maximum absolute atomic E-state index is 13.0. The van der Waals surface area contributed by atoms with Crippen LogP contribution in [0.1, 0.15) is 33.1 Å². The van der Waals surface area contributed by atoms with E-state index >= 15 is 0 Å². The summed E-state index contributed by atoms with van der Waals surface area (Å²) in [7, 11) is 0. The molecule has 0 spiro atoms. The molecule has 0 radical (unpaired) electrons. The van der Waals surface area contributed by atoms with Gasteiger partial charge in [-0.3, -0.25) is 14.9 Å². The van der Waals surface area contributed by atoms with Gasteiger partial charge in [-0.15, -0.1) is 0 Å². The summed E-state index contributed by atoms with van der Waals surface area (Å²) in [5.41, 5.74) is -0.224. The number of nitrogens with zero attached hydrogens (tertiary/aromatic N) is 1. The van der Waals surface area contributed by atoms with Gasteiger partial charge in [0.25, 0.3) is 11.6 Å². The Hall–Kier alpha value is -1.95. The largest absolute Gasteiger partial charge is 0.364 e. The molecule has 0 unspecified atom stereocenters. The molecule has 1 saturated heterocycles. The number of hydrogen-bond donors (Lipinski definition) is 1. The summed E-state index contributed by atoms with van der Waals surface area (Å²) in [5.74, 6) is 0.434. The summed E-state index contributed by atoms with van der Waals surface area (Å²) >= 11 is 0. The predicted molar refractivity (Wildman–Crippen MR) is 84.0 cm³/mol. The van der Waals surface area contributed by atoms with Crippen molar-refractivity contribution >= 4 is 17.3 Å². The van der Waals surface area contributed by atoms with Gasteiger partial charge in [-0.05, 0) is 37.3 Å².